The predicted octanol–water partition coefficient (Wildman–Crippen LogP) is -0.963. The molecule has 0 bridgehead atoms. The van der Waals surface area contributed by atoms with Gasteiger partial charge in [-0.3, -0.25) is 9.36 Å². The molecule has 0 radical (unpaired) electrons. The van der Waals surface area contributed by atoms with Crippen LogP contribution in [0.15, 0.2) is 17.1 Å². The van der Waals surface area contributed by atoms with E-state index in [2.05, 4.69) is 4.98 Å². The molecule has 3 atom stereocenters. The van der Waals surface area contributed by atoms with Crippen LogP contribution in [0.5, 0.6) is 0 Å². The van der Waals surface area contributed by atoms with Gasteiger partial charge in [-0.05, 0) is 6.07 Å². The van der Waals surface area contributed by atoms with Crippen LogP contribution in [-0.4, -0.2) is 39.4 Å². The third-order valence-corrected chi connectivity index (χ3v) is 2.84. The topological polar surface area (TPSA) is 117 Å². The Hall–Kier alpha value is -1.93. The summed E-state index contributed by atoms with van der Waals surface area (Å²) in [6.07, 6.45) is -0.145. The molecule has 2 heterocycles. The van der Waals surface area contributed by atoms with Crippen LogP contribution in [0.1, 0.15) is 19.6 Å². The van der Waals surface area contributed by atoms with Crippen LogP contribution in [0.25, 0.3) is 0 Å². The molecule has 1 saturated heterocycles. The van der Waals surface area contributed by atoms with Gasteiger partial charge in [0.25, 0.3) is 0 Å². The van der Waals surface area contributed by atoms with Crippen LogP contribution in [0.3, 0.4) is 0 Å². The highest BCUT2D eigenvalue weighted by Crippen LogP contribution is 2.29. The number of hydrogen-bond donors (Lipinski definition) is 2. The molecule has 1 aromatic heterocycles. The molecule has 2 rings (SSSR count). The molecule has 1 fully saturated rings. The highest BCUT2D eigenvalue weighted by Gasteiger charge is 2.38. The number of nitrogen functional groups attached to an aromatic ring is 1. The third kappa shape index (κ3) is 2.91. The Bertz CT molecular complexity index is 529. The Labute approximate surface area is 108 Å². The normalized spacial score (nSPS) is 26.3. The summed E-state index contributed by atoms with van der Waals surface area (Å²) in [6.45, 7) is 0.976. The minimum Gasteiger partial charge on any atom is -0.460 e. The molecule has 8 heteroatoms. The zero-order chi connectivity index (χ0) is 14.0. The van der Waals surface area contributed by atoms with Gasteiger partial charge in [0.05, 0.1) is 6.61 Å². The van der Waals surface area contributed by atoms with E-state index in [1.807, 2.05) is 0 Å². The molecule has 0 aromatic carbocycles. The van der Waals surface area contributed by atoms with E-state index in [0.29, 0.717) is 0 Å². The van der Waals surface area contributed by atoms with E-state index in [-0.39, 0.29) is 18.8 Å². The minimum atomic E-state index is -0.654. The molecule has 3 N–H and O–H groups in total. The number of nitrogens with zero attached hydrogens (tertiary/aromatic N) is 2. The van der Waals surface area contributed by atoms with Crippen molar-refractivity contribution in [3.8, 4) is 0 Å². The van der Waals surface area contributed by atoms with Crippen LogP contribution in [0.4, 0.5) is 5.82 Å². The number of aliphatic hydroxyl groups is 1. The summed E-state index contributed by atoms with van der Waals surface area (Å²) in [7, 11) is 0. The van der Waals surface area contributed by atoms with Crippen LogP contribution in [0.2, 0.25) is 0 Å². The second-order valence-corrected chi connectivity index (χ2v) is 4.24. The van der Waals surface area contributed by atoms with Crippen molar-refractivity contribution in [1.82, 2.24) is 9.55 Å². The SMILES string of the molecule is CC(=O)OC1C[C@H](n2ccc(N)nc2=O)O[C@@H]1CO. The van der Waals surface area contributed by atoms with Gasteiger partial charge in [-0.15, -0.1) is 0 Å². The molecule has 1 aliphatic rings. The fourth-order valence-corrected chi connectivity index (χ4v) is 2.02. The Morgan fingerprint density at radius 1 is 1.74 bits per heavy atom. The van der Waals surface area contributed by atoms with Gasteiger partial charge in [0, 0.05) is 19.5 Å². The molecule has 0 spiro atoms. The van der Waals surface area contributed by atoms with E-state index < -0.39 is 30.1 Å². The number of rotatable bonds is 3. The van der Waals surface area contributed by atoms with Gasteiger partial charge < -0.3 is 20.3 Å². The largest absolute Gasteiger partial charge is 0.460 e. The summed E-state index contributed by atoms with van der Waals surface area (Å²) in [6, 6.07) is 1.47. The number of hydrogen-bond acceptors (Lipinski definition) is 7. The zero-order valence-corrected chi connectivity index (χ0v) is 10.4. The van der Waals surface area contributed by atoms with Crippen molar-refractivity contribution in [3.63, 3.8) is 0 Å². The fraction of sp³-hybridized carbons (Fsp3) is 0.545. The number of carbonyl (C=O) groups is 1. The van der Waals surface area contributed by atoms with Crippen LogP contribution in [-0.2, 0) is 14.3 Å². The number of ether oxygens (including phenoxy) is 2. The van der Waals surface area contributed by atoms with Crippen molar-refractivity contribution in [2.24, 2.45) is 0 Å². The van der Waals surface area contributed by atoms with Crippen molar-refractivity contribution >= 4 is 11.8 Å². The van der Waals surface area contributed by atoms with Crippen LogP contribution in [0, 0.1) is 0 Å². The molecule has 1 unspecified atom stereocenters. The Balaban J connectivity index is 2.19. The van der Waals surface area contributed by atoms with E-state index in [0.717, 1.165) is 0 Å². The Morgan fingerprint density at radius 2 is 2.47 bits per heavy atom. The van der Waals surface area contributed by atoms with Crippen molar-refractivity contribution in [1.29, 1.82) is 0 Å². The van der Waals surface area contributed by atoms with E-state index in [1.54, 1.807) is 0 Å². The monoisotopic (exact) mass is 269 g/mol. The van der Waals surface area contributed by atoms with Crippen LogP contribution < -0.4 is 11.4 Å². The molecule has 8 nitrogen and oxygen atoms in total. The van der Waals surface area contributed by atoms with Gasteiger partial charge in [0.15, 0.2) is 0 Å². The van der Waals surface area contributed by atoms with Gasteiger partial charge in [0.2, 0.25) is 0 Å². The molecule has 1 aliphatic heterocycles. The van der Waals surface area contributed by atoms with Crippen molar-refractivity contribution in [2.75, 3.05) is 12.3 Å². The fourth-order valence-electron chi connectivity index (χ4n) is 2.02. The molecular formula is C11H15N3O5. The summed E-state index contributed by atoms with van der Waals surface area (Å²) >= 11 is 0. The molecule has 0 aliphatic carbocycles. The quantitative estimate of drug-likeness (QED) is 0.678. The average Bonchev–Trinajstić information content (AvgIpc) is 2.71. The maximum absolute atomic E-state index is 11.7. The lowest BCUT2D eigenvalue weighted by Gasteiger charge is -2.15. The van der Waals surface area contributed by atoms with Crippen LogP contribution >= 0.6 is 0 Å². The number of esters is 1. The maximum atomic E-state index is 11.7. The zero-order valence-electron chi connectivity index (χ0n) is 10.4. The lowest BCUT2D eigenvalue weighted by atomic mass is 10.2. The van der Waals surface area contributed by atoms with Gasteiger partial charge in [-0.1, -0.05) is 0 Å². The van der Waals surface area contributed by atoms with Crippen molar-refractivity contribution in [3.05, 3.63) is 22.7 Å². The Morgan fingerprint density at radius 3 is 3.05 bits per heavy atom. The summed E-state index contributed by atoms with van der Waals surface area (Å²) < 4.78 is 11.8. The van der Waals surface area contributed by atoms with Gasteiger partial charge in [-0.25, -0.2) is 4.79 Å². The predicted molar refractivity (Wildman–Crippen MR) is 64.1 cm³/mol. The maximum Gasteiger partial charge on any atom is 0.351 e. The van der Waals surface area contributed by atoms with Crippen molar-refractivity contribution in [2.45, 2.75) is 31.8 Å². The molecule has 104 valence electrons. The first kappa shape index (κ1) is 13.5. The van der Waals surface area contributed by atoms with E-state index >= 15 is 0 Å². The lowest BCUT2D eigenvalue weighted by molar-refractivity contribution is -0.150. The second-order valence-electron chi connectivity index (χ2n) is 4.24. The van der Waals surface area contributed by atoms with E-state index in [4.69, 9.17) is 15.2 Å². The van der Waals surface area contributed by atoms with Gasteiger partial charge in [-0.2, -0.15) is 4.98 Å². The van der Waals surface area contributed by atoms with E-state index in [1.165, 1.54) is 23.8 Å². The number of anilines is 1. The highest BCUT2D eigenvalue weighted by atomic mass is 16.6. The molecule has 19 heavy (non-hydrogen) atoms. The third-order valence-electron chi connectivity index (χ3n) is 2.84. The molecular weight excluding hydrogens is 254 g/mol. The first-order valence-electron chi connectivity index (χ1n) is 5.79. The molecule has 0 saturated carbocycles. The first-order valence-corrected chi connectivity index (χ1v) is 5.79. The number of nitrogens with two attached hydrogens (primary N) is 1. The lowest BCUT2D eigenvalue weighted by Crippen LogP contribution is -2.29. The highest BCUT2D eigenvalue weighted by molar-refractivity contribution is 5.66. The summed E-state index contributed by atoms with van der Waals surface area (Å²) in [5.41, 5.74) is 4.85. The van der Waals surface area contributed by atoms with Gasteiger partial charge >= 0.3 is 11.7 Å². The number of carbonyl (C=O) groups excluding carboxylic acids is 1. The summed E-state index contributed by atoms with van der Waals surface area (Å²) in [5, 5.41) is 9.19. The van der Waals surface area contributed by atoms with Gasteiger partial charge in [0.1, 0.15) is 24.3 Å². The Kier molecular flexibility index (Phi) is 3.82. The second kappa shape index (κ2) is 5.37. The number of aliphatic hydroxyl groups excluding tert-OH is 1. The number of aromatic nitrogens is 2. The summed E-state index contributed by atoms with van der Waals surface area (Å²) in [5.74, 6) is -0.343. The summed E-state index contributed by atoms with van der Waals surface area (Å²) in [4.78, 5) is 26.2. The standard InChI is InChI=1S/C11H15N3O5/c1-6(16)18-7-4-10(19-8(7)5-15)14-3-2-9(12)13-11(14)17/h2-3,7-8,10,15H,4-5H2,1H3,(H2,12,13,17)/t7?,8-,10-/m1/s1. The molecule has 0 amide bonds. The van der Waals surface area contributed by atoms with E-state index in [9.17, 15) is 14.7 Å². The molecule has 1 aromatic rings. The van der Waals surface area contributed by atoms with Crippen molar-refractivity contribution < 1.29 is 19.4 Å². The smallest absolute Gasteiger partial charge is 0.351 e. The first-order chi connectivity index (χ1) is 9.01. The average molecular weight is 269 g/mol. The minimum absolute atomic E-state index is 0.120.